The highest BCUT2D eigenvalue weighted by Crippen LogP contribution is 2.36. The number of nitrogens with zero attached hydrogens (tertiary/aromatic N) is 3. The number of benzene rings is 3. The number of fused-ring (bicyclic) bond motifs is 2. The van der Waals surface area contributed by atoms with Gasteiger partial charge in [-0.15, -0.1) is 0 Å². The number of ketones is 1. The number of halogens is 2. The highest BCUT2D eigenvalue weighted by molar-refractivity contribution is 9.10. The molecule has 7 heteroatoms. The van der Waals surface area contributed by atoms with Crippen molar-refractivity contribution < 1.29 is 4.79 Å². The first-order valence-corrected chi connectivity index (χ1v) is 15.5. The summed E-state index contributed by atoms with van der Waals surface area (Å²) in [4.78, 5) is 25.3. The van der Waals surface area contributed by atoms with Crippen LogP contribution >= 0.6 is 31.9 Å². The molecule has 0 spiro atoms. The number of pyridine rings is 2. The molecule has 2 aliphatic rings. The molecule has 5 nitrogen and oxygen atoms in total. The van der Waals surface area contributed by atoms with E-state index in [-0.39, 0.29) is 12.3 Å². The fourth-order valence-corrected chi connectivity index (χ4v) is 6.06. The van der Waals surface area contributed by atoms with Crippen molar-refractivity contribution in [1.29, 1.82) is 0 Å². The molecule has 43 heavy (non-hydrogen) atoms. The number of rotatable bonds is 5. The topological polar surface area (TPSA) is 63.6 Å². The lowest BCUT2D eigenvalue weighted by Crippen LogP contribution is -2.13. The molecular weight excluding hydrogens is 664 g/mol. The van der Waals surface area contributed by atoms with Crippen molar-refractivity contribution >= 4 is 48.7 Å². The zero-order valence-electron chi connectivity index (χ0n) is 23.7. The summed E-state index contributed by atoms with van der Waals surface area (Å²) < 4.78 is 3.86. The fourth-order valence-electron chi connectivity index (χ4n) is 5.25. The first-order valence-electron chi connectivity index (χ1n) is 13.9. The van der Waals surface area contributed by atoms with E-state index in [1.165, 1.54) is 16.5 Å². The summed E-state index contributed by atoms with van der Waals surface area (Å²) in [5, 5.41) is 1.17. The van der Waals surface area contributed by atoms with Gasteiger partial charge in [0, 0.05) is 43.4 Å². The zero-order chi connectivity index (χ0) is 29.9. The highest BCUT2D eigenvalue weighted by Gasteiger charge is 2.21. The Morgan fingerprint density at radius 2 is 1.42 bits per heavy atom. The van der Waals surface area contributed by atoms with Crippen molar-refractivity contribution in [2.75, 3.05) is 0 Å². The van der Waals surface area contributed by atoms with Gasteiger partial charge >= 0.3 is 0 Å². The summed E-state index contributed by atoms with van der Waals surface area (Å²) in [7, 11) is 0. The van der Waals surface area contributed by atoms with Crippen LogP contribution in [0.2, 0.25) is 0 Å². The van der Waals surface area contributed by atoms with Crippen LogP contribution in [0.25, 0.3) is 44.9 Å². The van der Waals surface area contributed by atoms with Crippen LogP contribution in [-0.2, 0) is 6.54 Å². The lowest BCUT2D eigenvalue weighted by atomic mass is 10.1. The Hall–Kier alpha value is -4.33. The molecule has 0 unspecified atom stereocenters. The van der Waals surface area contributed by atoms with Gasteiger partial charge in [0.2, 0.25) is 0 Å². The lowest BCUT2D eigenvalue weighted by Gasteiger charge is -2.12. The van der Waals surface area contributed by atoms with E-state index < -0.39 is 0 Å². The number of carbonyl (C=O) groups is 1. The highest BCUT2D eigenvalue weighted by atomic mass is 79.9. The molecular formula is C36H28Br2N4O. The van der Waals surface area contributed by atoms with Gasteiger partial charge in [0.1, 0.15) is 11.5 Å². The standard InChI is InChI=1S/C22H17BrN2O.C14H11BrN2/c1-15-19-12-18(23)13-25(14-20(26)16-8-4-2-5-9-16)22(19)24-21(15)17-10-6-3-7-11-17;1-9-12-7-11(15)8-16-14(12)17-13(9)10-5-3-2-4-6-10/h2-13H,14H2,1H3;2-8H,1H3,(H,16,17). The SMILES string of the molecule is Cc1c(-c2ccccc2)[nH]c2ncc(Br)cc12.Cc1c2cc(Br)cn(CC(=O)c3ccccc3)c-2nc1-c1ccccc1. The molecule has 2 aromatic heterocycles. The van der Waals surface area contributed by atoms with Crippen molar-refractivity contribution in [2.45, 2.75) is 20.4 Å². The maximum atomic E-state index is 12.7. The second kappa shape index (κ2) is 12.5. The number of Topliss-reactive ketones (excluding diaryl/α,β-unsaturated/α-hetero) is 1. The van der Waals surface area contributed by atoms with Crippen molar-refractivity contribution in [3.8, 4) is 33.9 Å². The number of aromatic nitrogens is 4. The Kier molecular flexibility index (Phi) is 8.36. The van der Waals surface area contributed by atoms with Gasteiger partial charge in [0.25, 0.3) is 0 Å². The van der Waals surface area contributed by atoms with Crippen LogP contribution in [0.3, 0.4) is 0 Å². The molecule has 0 saturated carbocycles. The summed E-state index contributed by atoms with van der Waals surface area (Å²) in [5.74, 6) is 0.894. The van der Waals surface area contributed by atoms with E-state index in [2.05, 4.69) is 92.1 Å². The van der Waals surface area contributed by atoms with Gasteiger partial charge < -0.3 is 9.55 Å². The third-order valence-electron chi connectivity index (χ3n) is 7.45. The van der Waals surface area contributed by atoms with E-state index in [0.717, 1.165) is 48.5 Å². The minimum Gasteiger partial charge on any atom is -0.339 e. The van der Waals surface area contributed by atoms with E-state index in [4.69, 9.17) is 4.98 Å². The minimum absolute atomic E-state index is 0.0666. The Bertz CT molecular complexity index is 2000. The van der Waals surface area contributed by atoms with Crippen LogP contribution in [-0.4, -0.2) is 25.3 Å². The van der Waals surface area contributed by atoms with Gasteiger partial charge in [-0.3, -0.25) is 4.79 Å². The first-order chi connectivity index (χ1) is 20.9. The van der Waals surface area contributed by atoms with Gasteiger partial charge in [0.15, 0.2) is 5.78 Å². The predicted octanol–water partition coefficient (Wildman–Crippen LogP) is 9.91. The molecule has 0 aliphatic carbocycles. The quantitative estimate of drug-likeness (QED) is 0.183. The fraction of sp³-hybridized carbons (Fsp3) is 0.0833. The molecule has 0 saturated heterocycles. The van der Waals surface area contributed by atoms with E-state index in [9.17, 15) is 4.79 Å². The Balaban J connectivity index is 0.000000167. The second-order valence-corrected chi connectivity index (χ2v) is 12.1. The van der Waals surface area contributed by atoms with Gasteiger partial charge in [0.05, 0.1) is 17.9 Å². The van der Waals surface area contributed by atoms with Crippen molar-refractivity contribution in [3.05, 3.63) is 141 Å². The molecule has 0 amide bonds. The van der Waals surface area contributed by atoms with E-state index in [1.54, 1.807) is 0 Å². The van der Waals surface area contributed by atoms with Gasteiger partial charge in [-0.1, -0.05) is 91.0 Å². The van der Waals surface area contributed by atoms with Crippen molar-refractivity contribution in [1.82, 2.24) is 19.5 Å². The second-order valence-electron chi connectivity index (χ2n) is 10.3. The zero-order valence-corrected chi connectivity index (χ0v) is 26.9. The number of carbonyl (C=O) groups excluding carboxylic acids is 1. The molecule has 2 aliphatic heterocycles. The summed E-state index contributed by atoms with van der Waals surface area (Å²) in [6.45, 7) is 4.45. The summed E-state index contributed by atoms with van der Waals surface area (Å²) in [6.07, 6.45) is 3.73. The van der Waals surface area contributed by atoms with Crippen LogP contribution in [0.4, 0.5) is 0 Å². The first kappa shape index (κ1) is 28.8. The van der Waals surface area contributed by atoms with E-state index >= 15 is 0 Å². The van der Waals surface area contributed by atoms with Gasteiger partial charge in [-0.2, -0.15) is 0 Å². The van der Waals surface area contributed by atoms with Crippen LogP contribution in [0.15, 0.2) is 124 Å². The molecule has 1 N–H and O–H groups in total. The molecule has 3 aromatic carbocycles. The maximum Gasteiger partial charge on any atom is 0.182 e. The van der Waals surface area contributed by atoms with Crippen LogP contribution in [0.1, 0.15) is 21.5 Å². The summed E-state index contributed by atoms with van der Waals surface area (Å²) in [5.41, 5.74) is 9.43. The molecule has 0 bridgehead atoms. The number of hydrogen-bond donors (Lipinski definition) is 1. The van der Waals surface area contributed by atoms with Crippen LogP contribution < -0.4 is 0 Å². The Labute approximate surface area is 267 Å². The molecule has 5 aromatic rings. The molecule has 0 atom stereocenters. The smallest absolute Gasteiger partial charge is 0.182 e. The van der Waals surface area contributed by atoms with E-state index in [1.807, 2.05) is 83.7 Å². The van der Waals surface area contributed by atoms with Gasteiger partial charge in [-0.25, -0.2) is 9.97 Å². The third-order valence-corrected chi connectivity index (χ3v) is 8.31. The molecule has 0 fully saturated rings. The number of hydrogen-bond acceptors (Lipinski definition) is 3. The number of nitrogens with one attached hydrogen (secondary N) is 1. The average molecular weight is 692 g/mol. The summed E-state index contributed by atoms with van der Waals surface area (Å²) >= 11 is 7.02. The third kappa shape index (κ3) is 6.10. The number of H-pyrrole nitrogens is 1. The number of aryl methyl sites for hydroxylation is 1. The van der Waals surface area contributed by atoms with Crippen LogP contribution in [0.5, 0.6) is 0 Å². The van der Waals surface area contributed by atoms with Crippen molar-refractivity contribution in [3.63, 3.8) is 0 Å². The Morgan fingerprint density at radius 3 is 2.09 bits per heavy atom. The summed E-state index contributed by atoms with van der Waals surface area (Å²) in [6, 6.07) is 34.0. The molecule has 0 radical (unpaired) electrons. The largest absolute Gasteiger partial charge is 0.339 e. The maximum absolute atomic E-state index is 12.7. The van der Waals surface area contributed by atoms with Crippen molar-refractivity contribution in [2.24, 2.45) is 0 Å². The average Bonchev–Trinajstić information content (AvgIpc) is 3.55. The molecule has 4 heterocycles. The molecule has 7 rings (SSSR count). The number of aromatic amines is 1. The van der Waals surface area contributed by atoms with Crippen LogP contribution in [0, 0.1) is 13.8 Å². The predicted molar refractivity (Wildman–Crippen MR) is 181 cm³/mol. The monoisotopic (exact) mass is 690 g/mol. The van der Waals surface area contributed by atoms with E-state index in [0.29, 0.717) is 5.56 Å². The molecule has 212 valence electrons. The minimum atomic E-state index is 0.0666. The van der Waals surface area contributed by atoms with Gasteiger partial charge in [-0.05, 0) is 74.5 Å². The normalized spacial score (nSPS) is 11.0. The Morgan fingerprint density at radius 1 is 0.791 bits per heavy atom. The lowest BCUT2D eigenvalue weighted by molar-refractivity contribution is 0.0972.